The van der Waals surface area contributed by atoms with Crippen molar-refractivity contribution < 1.29 is 8.78 Å². The van der Waals surface area contributed by atoms with Crippen LogP contribution in [0.5, 0.6) is 0 Å². The summed E-state index contributed by atoms with van der Waals surface area (Å²) in [4.78, 5) is 0. The molecule has 0 heterocycles. The monoisotopic (exact) mass is 223 g/mol. The molecule has 0 spiro atoms. The van der Waals surface area contributed by atoms with Crippen LogP contribution in [0.15, 0.2) is 18.2 Å². The lowest BCUT2D eigenvalue weighted by molar-refractivity contribution is 0.540. The second-order valence-corrected chi connectivity index (χ2v) is 3.69. The fourth-order valence-electron chi connectivity index (χ4n) is 1.45. The minimum atomic E-state index is -0.549. The van der Waals surface area contributed by atoms with Crippen molar-refractivity contribution in [3.63, 3.8) is 0 Å². The molecule has 16 heavy (non-hydrogen) atoms. The number of benzene rings is 1. The van der Waals surface area contributed by atoms with E-state index in [4.69, 9.17) is 6.42 Å². The van der Waals surface area contributed by atoms with Crippen molar-refractivity contribution in [1.82, 2.24) is 5.32 Å². The molecule has 0 radical (unpaired) electrons. The van der Waals surface area contributed by atoms with Gasteiger partial charge in [0.2, 0.25) is 0 Å². The Bertz CT molecular complexity index is 362. The molecule has 1 atom stereocenters. The molecule has 1 aromatic rings. The van der Waals surface area contributed by atoms with E-state index in [0.29, 0.717) is 12.0 Å². The van der Waals surface area contributed by atoms with Crippen molar-refractivity contribution in [3.8, 4) is 12.3 Å². The summed E-state index contributed by atoms with van der Waals surface area (Å²) in [7, 11) is 0. The van der Waals surface area contributed by atoms with Crippen LogP contribution in [0.25, 0.3) is 0 Å². The molecule has 1 nitrogen and oxygen atoms in total. The summed E-state index contributed by atoms with van der Waals surface area (Å²) < 4.78 is 25.9. The molecule has 0 fully saturated rings. The molecule has 1 N–H and O–H groups in total. The van der Waals surface area contributed by atoms with Gasteiger partial charge in [-0.3, -0.25) is 0 Å². The van der Waals surface area contributed by atoms with Gasteiger partial charge in [0.15, 0.2) is 0 Å². The maximum absolute atomic E-state index is 12.9. The summed E-state index contributed by atoms with van der Waals surface area (Å²) in [5.74, 6) is 1.44. The SMILES string of the molecule is C#CCCCNC(C)c1cc(F)cc(F)c1. The van der Waals surface area contributed by atoms with Gasteiger partial charge in [-0.05, 0) is 37.6 Å². The minimum Gasteiger partial charge on any atom is -0.310 e. The average molecular weight is 223 g/mol. The van der Waals surface area contributed by atoms with Gasteiger partial charge in [-0.1, -0.05) is 0 Å². The molecule has 0 amide bonds. The zero-order chi connectivity index (χ0) is 12.0. The molecule has 1 aromatic carbocycles. The van der Waals surface area contributed by atoms with E-state index in [1.165, 1.54) is 12.1 Å². The molecule has 1 unspecified atom stereocenters. The zero-order valence-corrected chi connectivity index (χ0v) is 9.26. The van der Waals surface area contributed by atoms with Crippen LogP contribution in [-0.2, 0) is 0 Å². The summed E-state index contributed by atoms with van der Waals surface area (Å²) >= 11 is 0. The molecule has 0 bridgehead atoms. The van der Waals surface area contributed by atoms with Crippen molar-refractivity contribution >= 4 is 0 Å². The van der Waals surface area contributed by atoms with Crippen molar-refractivity contribution in [2.24, 2.45) is 0 Å². The molecule has 0 saturated heterocycles. The van der Waals surface area contributed by atoms with Gasteiger partial charge in [0.25, 0.3) is 0 Å². The fourth-order valence-corrected chi connectivity index (χ4v) is 1.45. The number of nitrogens with one attached hydrogen (secondary N) is 1. The van der Waals surface area contributed by atoms with Gasteiger partial charge >= 0.3 is 0 Å². The zero-order valence-electron chi connectivity index (χ0n) is 9.26. The lowest BCUT2D eigenvalue weighted by atomic mass is 10.1. The Labute approximate surface area is 94.9 Å². The number of rotatable bonds is 5. The van der Waals surface area contributed by atoms with Crippen LogP contribution >= 0.6 is 0 Å². The second-order valence-electron chi connectivity index (χ2n) is 3.69. The van der Waals surface area contributed by atoms with Crippen molar-refractivity contribution in [1.29, 1.82) is 0 Å². The average Bonchev–Trinajstić information content (AvgIpc) is 2.22. The Kier molecular flexibility index (Phi) is 4.94. The lowest BCUT2D eigenvalue weighted by Crippen LogP contribution is -2.20. The number of hydrogen-bond donors (Lipinski definition) is 1. The van der Waals surface area contributed by atoms with Crippen LogP contribution in [0, 0.1) is 24.0 Å². The smallest absolute Gasteiger partial charge is 0.126 e. The van der Waals surface area contributed by atoms with Crippen molar-refractivity contribution in [3.05, 3.63) is 35.4 Å². The maximum Gasteiger partial charge on any atom is 0.126 e. The molecular formula is C13H15F2N. The largest absolute Gasteiger partial charge is 0.310 e. The highest BCUT2D eigenvalue weighted by atomic mass is 19.1. The summed E-state index contributed by atoms with van der Waals surface area (Å²) in [6.45, 7) is 2.60. The van der Waals surface area contributed by atoms with Crippen LogP contribution < -0.4 is 5.32 Å². The molecule has 0 aromatic heterocycles. The Morgan fingerprint density at radius 1 is 1.31 bits per heavy atom. The molecular weight excluding hydrogens is 208 g/mol. The molecule has 0 aliphatic heterocycles. The van der Waals surface area contributed by atoms with Gasteiger partial charge in [0, 0.05) is 18.5 Å². The topological polar surface area (TPSA) is 12.0 Å². The van der Waals surface area contributed by atoms with E-state index in [9.17, 15) is 8.78 Å². The number of hydrogen-bond acceptors (Lipinski definition) is 1. The summed E-state index contributed by atoms with van der Waals surface area (Å²) in [6, 6.07) is 3.46. The lowest BCUT2D eigenvalue weighted by Gasteiger charge is -2.13. The fraction of sp³-hybridized carbons (Fsp3) is 0.385. The Hall–Kier alpha value is -1.40. The van der Waals surface area contributed by atoms with E-state index >= 15 is 0 Å². The highest BCUT2D eigenvalue weighted by Gasteiger charge is 2.07. The highest BCUT2D eigenvalue weighted by Crippen LogP contribution is 2.15. The van der Waals surface area contributed by atoms with Gasteiger partial charge in [-0.25, -0.2) is 8.78 Å². The predicted octanol–water partition coefficient (Wildman–Crippen LogP) is 3.03. The van der Waals surface area contributed by atoms with Crippen LogP contribution in [0.3, 0.4) is 0 Å². The third-order valence-corrected chi connectivity index (χ3v) is 2.33. The van der Waals surface area contributed by atoms with E-state index < -0.39 is 11.6 Å². The molecule has 1 rings (SSSR count). The van der Waals surface area contributed by atoms with Gasteiger partial charge in [0.05, 0.1) is 0 Å². The number of unbranched alkanes of at least 4 members (excludes halogenated alkanes) is 1. The first-order valence-electron chi connectivity index (χ1n) is 5.26. The van der Waals surface area contributed by atoms with E-state index in [-0.39, 0.29) is 6.04 Å². The van der Waals surface area contributed by atoms with Gasteiger partial charge in [-0.2, -0.15) is 0 Å². The summed E-state index contributed by atoms with van der Waals surface area (Å²) in [5.41, 5.74) is 0.609. The first-order valence-corrected chi connectivity index (χ1v) is 5.26. The normalized spacial score (nSPS) is 12.1. The summed E-state index contributed by atoms with van der Waals surface area (Å²) in [5, 5.41) is 3.16. The van der Waals surface area contributed by atoms with Gasteiger partial charge < -0.3 is 5.32 Å². The quantitative estimate of drug-likeness (QED) is 0.597. The van der Waals surface area contributed by atoms with Gasteiger partial charge in [-0.15, -0.1) is 12.3 Å². The number of terminal acetylenes is 1. The van der Waals surface area contributed by atoms with E-state index in [1.807, 2.05) is 6.92 Å². The Morgan fingerprint density at radius 3 is 2.50 bits per heavy atom. The van der Waals surface area contributed by atoms with E-state index in [0.717, 1.165) is 19.0 Å². The van der Waals surface area contributed by atoms with Crippen molar-refractivity contribution in [2.75, 3.05) is 6.54 Å². The van der Waals surface area contributed by atoms with Gasteiger partial charge in [0.1, 0.15) is 11.6 Å². The molecule has 3 heteroatoms. The predicted molar refractivity (Wildman–Crippen MR) is 60.8 cm³/mol. The first kappa shape index (κ1) is 12.7. The van der Waals surface area contributed by atoms with Crippen LogP contribution in [0.2, 0.25) is 0 Å². The Balaban J connectivity index is 2.52. The molecule has 0 aliphatic carbocycles. The molecule has 0 aliphatic rings. The summed E-state index contributed by atoms with van der Waals surface area (Å²) in [6.07, 6.45) is 6.68. The Morgan fingerprint density at radius 2 is 1.94 bits per heavy atom. The van der Waals surface area contributed by atoms with Crippen molar-refractivity contribution in [2.45, 2.75) is 25.8 Å². The van der Waals surface area contributed by atoms with Crippen LogP contribution in [0.4, 0.5) is 8.78 Å². The second kappa shape index (κ2) is 6.24. The maximum atomic E-state index is 12.9. The number of halogens is 2. The molecule has 86 valence electrons. The minimum absolute atomic E-state index is 0.0806. The molecule has 0 saturated carbocycles. The third kappa shape index (κ3) is 4.00. The first-order chi connectivity index (χ1) is 7.63. The highest BCUT2D eigenvalue weighted by molar-refractivity contribution is 5.20. The standard InChI is InChI=1S/C13H15F2N/c1-3-4-5-6-16-10(2)11-7-12(14)9-13(15)8-11/h1,7-10,16H,4-6H2,2H3. The van der Waals surface area contributed by atoms with E-state index in [1.54, 1.807) is 0 Å². The van der Waals surface area contributed by atoms with E-state index in [2.05, 4.69) is 11.2 Å². The third-order valence-electron chi connectivity index (χ3n) is 2.33. The van der Waals surface area contributed by atoms with Crippen LogP contribution in [0.1, 0.15) is 31.4 Å². The van der Waals surface area contributed by atoms with Crippen LogP contribution in [-0.4, -0.2) is 6.54 Å².